The van der Waals surface area contributed by atoms with Gasteiger partial charge in [-0.1, -0.05) is 31.2 Å². The molecule has 27 heavy (non-hydrogen) atoms. The van der Waals surface area contributed by atoms with Crippen molar-refractivity contribution in [2.45, 2.75) is 25.8 Å². The van der Waals surface area contributed by atoms with Crippen LogP contribution < -0.4 is 10.6 Å². The van der Waals surface area contributed by atoms with Crippen molar-refractivity contribution in [3.8, 4) is 0 Å². The summed E-state index contributed by atoms with van der Waals surface area (Å²) < 4.78 is 0. The molecule has 2 amide bonds. The molecule has 7 heteroatoms. The Morgan fingerprint density at radius 2 is 2.04 bits per heavy atom. The van der Waals surface area contributed by atoms with Crippen LogP contribution in [0.1, 0.15) is 40.9 Å². The van der Waals surface area contributed by atoms with Crippen LogP contribution in [0.15, 0.2) is 41.1 Å². The Bertz CT molecular complexity index is 734. The molecule has 1 unspecified atom stereocenters. The Morgan fingerprint density at radius 1 is 1.26 bits per heavy atom. The number of carbonyl (C=O) groups is 2. The molecule has 1 aliphatic heterocycles. The van der Waals surface area contributed by atoms with E-state index in [4.69, 9.17) is 0 Å². The second-order valence-corrected chi connectivity index (χ2v) is 7.20. The van der Waals surface area contributed by atoms with E-state index in [-0.39, 0.29) is 30.3 Å². The van der Waals surface area contributed by atoms with Crippen LogP contribution in [-0.2, 0) is 11.2 Å². The number of carbonyl (C=O) groups excluding carboxylic acids is 2. The van der Waals surface area contributed by atoms with Gasteiger partial charge in [0, 0.05) is 43.5 Å². The van der Waals surface area contributed by atoms with Crippen molar-refractivity contribution in [2.24, 2.45) is 0 Å². The largest absolute Gasteiger partial charge is 0.351 e. The fourth-order valence-corrected chi connectivity index (χ4v) is 3.83. The smallest absolute Gasteiger partial charge is 0.252 e. The third-order valence-electron chi connectivity index (χ3n) is 4.74. The molecule has 0 spiro atoms. The summed E-state index contributed by atoms with van der Waals surface area (Å²) in [6.45, 7) is 4.75. The summed E-state index contributed by atoms with van der Waals surface area (Å²) in [5, 5.41) is 9.89. The zero-order valence-electron chi connectivity index (χ0n) is 15.4. The number of piperazine rings is 1. The molecule has 2 N–H and O–H groups in total. The van der Waals surface area contributed by atoms with Gasteiger partial charge in [-0.05, 0) is 29.0 Å². The van der Waals surface area contributed by atoms with Gasteiger partial charge in [0.2, 0.25) is 5.91 Å². The molecule has 1 saturated heterocycles. The second kappa shape index (κ2) is 10.4. The summed E-state index contributed by atoms with van der Waals surface area (Å²) in [6, 6.07) is 10.3. The number of benzene rings is 1. The van der Waals surface area contributed by atoms with Gasteiger partial charge < -0.3 is 15.5 Å². The summed E-state index contributed by atoms with van der Waals surface area (Å²) in [4.78, 5) is 26.6. The van der Waals surface area contributed by atoms with E-state index in [0.29, 0.717) is 25.1 Å². The standard InChI is InChI=1S/C20H25N3O2S.ClH/c1-2-15-3-5-16(6-4-15)18-13-21-10-11-23(18)19(24)7-9-22-20(25)17-8-12-26-14-17;/h3-6,8,12,14,18,21H,2,7,9-11,13H2,1H3,(H,22,25);1H. The van der Waals surface area contributed by atoms with Crippen molar-refractivity contribution in [2.75, 3.05) is 26.2 Å². The summed E-state index contributed by atoms with van der Waals surface area (Å²) in [5.41, 5.74) is 3.11. The fraction of sp³-hybridized carbons (Fsp3) is 0.400. The van der Waals surface area contributed by atoms with Crippen LogP contribution in [0.5, 0.6) is 0 Å². The molecule has 0 aliphatic carbocycles. The molecule has 0 radical (unpaired) electrons. The van der Waals surface area contributed by atoms with Crippen LogP contribution in [0.4, 0.5) is 0 Å². The molecule has 5 nitrogen and oxygen atoms in total. The lowest BCUT2D eigenvalue weighted by Gasteiger charge is -2.36. The van der Waals surface area contributed by atoms with Crippen LogP contribution in [0.25, 0.3) is 0 Å². The number of amides is 2. The maximum absolute atomic E-state index is 12.7. The van der Waals surface area contributed by atoms with E-state index >= 15 is 0 Å². The van der Waals surface area contributed by atoms with Gasteiger partial charge in [-0.25, -0.2) is 0 Å². The van der Waals surface area contributed by atoms with Gasteiger partial charge in [-0.3, -0.25) is 9.59 Å². The van der Waals surface area contributed by atoms with E-state index in [2.05, 4.69) is 41.8 Å². The first kappa shape index (κ1) is 21.4. The van der Waals surface area contributed by atoms with Gasteiger partial charge in [0.25, 0.3) is 5.91 Å². The van der Waals surface area contributed by atoms with E-state index in [1.807, 2.05) is 15.7 Å². The third kappa shape index (κ3) is 5.54. The minimum absolute atomic E-state index is 0. The molecule has 1 aromatic carbocycles. The summed E-state index contributed by atoms with van der Waals surface area (Å²) in [6.07, 6.45) is 1.33. The van der Waals surface area contributed by atoms with Crippen molar-refractivity contribution in [1.82, 2.24) is 15.5 Å². The number of aryl methyl sites for hydroxylation is 1. The highest BCUT2D eigenvalue weighted by molar-refractivity contribution is 7.08. The summed E-state index contributed by atoms with van der Waals surface area (Å²) in [7, 11) is 0. The number of rotatable bonds is 6. The molecule has 0 saturated carbocycles. The van der Waals surface area contributed by atoms with E-state index in [1.54, 1.807) is 6.07 Å². The Morgan fingerprint density at radius 3 is 2.70 bits per heavy atom. The lowest BCUT2D eigenvalue weighted by molar-refractivity contribution is -0.134. The average Bonchev–Trinajstić information content (AvgIpc) is 3.23. The summed E-state index contributed by atoms with van der Waals surface area (Å²) >= 11 is 1.49. The number of thiophene rings is 1. The number of hydrogen-bond acceptors (Lipinski definition) is 4. The van der Waals surface area contributed by atoms with Gasteiger partial charge >= 0.3 is 0 Å². The molecule has 2 heterocycles. The van der Waals surface area contributed by atoms with Crippen LogP contribution >= 0.6 is 23.7 Å². The van der Waals surface area contributed by atoms with E-state index in [9.17, 15) is 9.59 Å². The second-order valence-electron chi connectivity index (χ2n) is 6.42. The van der Waals surface area contributed by atoms with Crippen molar-refractivity contribution in [3.63, 3.8) is 0 Å². The molecule has 1 atom stereocenters. The van der Waals surface area contributed by atoms with Crippen LogP contribution in [-0.4, -0.2) is 42.9 Å². The molecule has 146 valence electrons. The van der Waals surface area contributed by atoms with Crippen LogP contribution in [0.3, 0.4) is 0 Å². The van der Waals surface area contributed by atoms with Crippen molar-refractivity contribution in [3.05, 3.63) is 57.8 Å². The minimum atomic E-state index is -0.119. The topological polar surface area (TPSA) is 61.4 Å². The molecule has 1 fully saturated rings. The SMILES string of the molecule is CCc1ccc(C2CNCCN2C(=O)CCNC(=O)c2ccsc2)cc1.Cl. The monoisotopic (exact) mass is 407 g/mol. The van der Waals surface area contributed by atoms with E-state index in [1.165, 1.54) is 16.9 Å². The zero-order chi connectivity index (χ0) is 18.4. The quantitative estimate of drug-likeness (QED) is 0.773. The zero-order valence-corrected chi connectivity index (χ0v) is 17.1. The first-order valence-electron chi connectivity index (χ1n) is 9.08. The molecular weight excluding hydrogens is 382 g/mol. The Hall–Kier alpha value is -1.89. The lowest BCUT2D eigenvalue weighted by atomic mass is 10.0. The number of halogens is 1. The predicted octanol–water partition coefficient (Wildman–Crippen LogP) is 3.03. The van der Waals surface area contributed by atoms with Gasteiger partial charge in [0.15, 0.2) is 0 Å². The molecule has 3 rings (SSSR count). The predicted molar refractivity (Wildman–Crippen MR) is 112 cm³/mol. The van der Waals surface area contributed by atoms with E-state index < -0.39 is 0 Å². The normalized spacial score (nSPS) is 16.5. The molecule has 1 aliphatic rings. The fourth-order valence-electron chi connectivity index (χ4n) is 3.20. The average molecular weight is 408 g/mol. The summed E-state index contributed by atoms with van der Waals surface area (Å²) in [5.74, 6) is -0.0345. The Kier molecular flexibility index (Phi) is 8.28. The highest BCUT2D eigenvalue weighted by Gasteiger charge is 2.27. The molecule has 1 aromatic heterocycles. The minimum Gasteiger partial charge on any atom is -0.351 e. The maximum atomic E-state index is 12.7. The first-order chi connectivity index (χ1) is 12.7. The van der Waals surface area contributed by atoms with Gasteiger partial charge in [0.05, 0.1) is 6.04 Å². The van der Waals surface area contributed by atoms with Gasteiger partial charge in [-0.15, -0.1) is 12.4 Å². The highest BCUT2D eigenvalue weighted by atomic mass is 35.5. The molecular formula is C20H26ClN3O2S. The Labute approximate surface area is 170 Å². The first-order valence-corrected chi connectivity index (χ1v) is 10.0. The van der Waals surface area contributed by atoms with Gasteiger partial charge in [0.1, 0.15) is 0 Å². The van der Waals surface area contributed by atoms with Crippen molar-refractivity contribution >= 4 is 35.6 Å². The van der Waals surface area contributed by atoms with Crippen LogP contribution in [0, 0.1) is 0 Å². The molecule has 2 aromatic rings. The maximum Gasteiger partial charge on any atom is 0.252 e. The van der Waals surface area contributed by atoms with E-state index in [0.717, 1.165) is 25.1 Å². The number of nitrogens with zero attached hydrogens (tertiary/aromatic N) is 1. The number of nitrogens with one attached hydrogen (secondary N) is 2. The van der Waals surface area contributed by atoms with Crippen molar-refractivity contribution in [1.29, 1.82) is 0 Å². The van der Waals surface area contributed by atoms with Gasteiger partial charge in [-0.2, -0.15) is 11.3 Å². The third-order valence-corrected chi connectivity index (χ3v) is 5.43. The van der Waals surface area contributed by atoms with Crippen LogP contribution in [0.2, 0.25) is 0 Å². The number of hydrogen-bond donors (Lipinski definition) is 2. The Balaban J connectivity index is 0.00000261. The highest BCUT2D eigenvalue weighted by Crippen LogP contribution is 2.23. The van der Waals surface area contributed by atoms with Crippen molar-refractivity contribution < 1.29 is 9.59 Å². The lowest BCUT2D eigenvalue weighted by Crippen LogP contribution is -2.49. The molecule has 0 bridgehead atoms.